The molecule has 0 saturated carbocycles. The number of nitrogens with zero attached hydrogens (tertiary/aromatic N) is 2. The smallest absolute Gasteiger partial charge is 0.342 e. The molecule has 0 aromatic heterocycles. The highest BCUT2D eigenvalue weighted by Gasteiger charge is 2.35. The van der Waals surface area contributed by atoms with E-state index in [0.29, 0.717) is 36.4 Å². The number of fused-ring (bicyclic) bond motifs is 1. The summed E-state index contributed by atoms with van der Waals surface area (Å²) in [6.07, 6.45) is 3.14. The fourth-order valence-electron chi connectivity index (χ4n) is 3.57. The van der Waals surface area contributed by atoms with Crippen molar-refractivity contribution in [3.05, 3.63) is 90.0 Å². The van der Waals surface area contributed by atoms with Crippen LogP contribution in [0.4, 0.5) is 0 Å². The van der Waals surface area contributed by atoms with Gasteiger partial charge in [-0.3, -0.25) is 19.3 Å². The van der Waals surface area contributed by atoms with E-state index in [-0.39, 0.29) is 17.9 Å². The number of imide groups is 1. The molecule has 0 atom stereocenters. The number of carbonyl (C=O) groups is 4. The van der Waals surface area contributed by atoms with Gasteiger partial charge in [0.05, 0.1) is 24.3 Å². The largest absolute Gasteiger partial charge is 0.493 e. The number of esters is 1. The number of benzene rings is 2. The average molecular weight is 463 g/mol. The van der Waals surface area contributed by atoms with E-state index in [1.807, 2.05) is 0 Å². The third-order valence-corrected chi connectivity index (χ3v) is 5.16. The third-order valence-electron chi connectivity index (χ3n) is 5.16. The van der Waals surface area contributed by atoms with Crippen molar-refractivity contribution >= 4 is 23.7 Å². The molecule has 1 aliphatic heterocycles. The maximum Gasteiger partial charge on any atom is 0.342 e. The maximum absolute atomic E-state index is 12.8. The Hall–Kier alpha value is -4.20. The van der Waals surface area contributed by atoms with Crippen LogP contribution >= 0.6 is 0 Å². The summed E-state index contributed by atoms with van der Waals surface area (Å²) in [5, 5.41) is 0. The molecule has 34 heavy (non-hydrogen) atoms. The topological polar surface area (TPSA) is 93.2 Å². The molecule has 3 rings (SSSR count). The fourth-order valence-corrected chi connectivity index (χ4v) is 3.57. The fraction of sp³-hybridized carbons (Fsp3) is 0.231. The normalized spacial score (nSPS) is 12.2. The number of carbonyl (C=O) groups excluding carboxylic acids is 4. The van der Waals surface area contributed by atoms with Gasteiger partial charge in [0.2, 0.25) is 0 Å². The van der Waals surface area contributed by atoms with Crippen molar-refractivity contribution in [1.82, 2.24) is 9.80 Å². The summed E-state index contributed by atoms with van der Waals surface area (Å²) < 4.78 is 10.8. The van der Waals surface area contributed by atoms with Gasteiger partial charge in [-0.05, 0) is 36.8 Å². The van der Waals surface area contributed by atoms with Crippen molar-refractivity contribution in [2.45, 2.75) is 13.5 Å². The second-order valence-electron chi connectivity index (χ2n) is 7.46. The van der Waals surface area contributed by atoms with Crippen molar-refractivity contribution in [1.29, 1.82) is 0 Å². The zero-order chi connectivity index (χ0) is 24.7. The molecule has 2 aromatic rings. The Bertz CT molecular complexity index is 1090. The lowest BCUT2D eigenvalue weighted by molar-refractivity contribution is -0.133. The molecule has 0 radical (unpaired) electrons. The van der Waals surface area contributed by atoms with E-state index in [4.69, 9.17) is 9.47 Å². The van der Waals surface area contributed by atoms with Gasteiger partial charge < -0.3 is 14.4 Å². The third kappa shape index (κ3) is 5.23. The zero-order valence-electron chi connectivity index (χ0n) is 19.0. The summed E-state index contributed by atoms with van der Waals surface area (Å²) in [7, 11) is 0. The molecular formula is C26H26N2O6. The summed E-state index contributed by atoms with van der Waals surface area (Å²) in [5.74, 6) is -1.66. The first-order valence-electron chi connectivity index (χ1n) is 10.8. The van der Waals surface area contributed by atoms with E-state index in [1.54, 1.807) is 55.5 Å². The van der Waals surface area contributed by atoms with E-state index in [9.17, 15) is 19.2 Å². The molecule has 0 saturated heterocycles. The monoisotopic (exact) mass is 462 g/mol. The van der Waals surface area contributed by atoms with Gasteiger partial charge in [0.1, 0.15) is 11.3 Å². The molecule has 1 aliphatic rings. The van der Waals surface area contributed by atoms with E-state index < -0.39 is 30.3 Å². The van der Waals surface area contributed by atoms with Crippen LogP contribution in [0.3, 0.4) is 0 Å². The quantitative estimate of drug-likeness (QED) is 0.289. The molecule has 0 bridgehead atoms. The van der Waals surface area contributed by atoms with Gasteiger partial charge in [0.15, 0.2) is 6.61 Å². The Morgan fingerprint density at radius 3 is 2.18 bits per heavy atom. The number of hydrogen-bond acceptors (Lipinski definition) is 6. The van der Waals surface area contributed by atoms with Crippen LogP contribution in [0.1, 0.15) is 43.6 Å². The molecule has 0 N–H and O–H groups in total. The van der Waals surface area contributed by atoms with Crippen LogP contribution in [0.25, 0.3) is 0 Å². The van der Waals surface area contributed by atoms with Gasteiger partial charge >= 0.3 is 5.97 Å². The van der Waals surface area contributed by atoms with Crippen LogP contribution in [0.2, 0.25) is 0 Å². The minimum absolute atomic E-state index is 0.0234. The Balaban J connectivity index is 1.77. The van der Waals surface area contributed by atoms with Crippen LogP contribution < -0.4 is 4.74 Å². The average Bonchev–Trinajstić information content (AvgIpc) is 3.08. The molecule has 0 unspecified atom stereocenters. The molecule has 2 aromatic carbocycles. The number of amides is 3. The summed E-state index contributed by atoms with van der Waals surface area (Å²) in [4.78, 5) is 53.1. The van der Waals surface area contributed by atoms with Crippen molar-refractivity contribution in [2.24, 2.45) is 0 Å². The molecule has 0 spiro atoms. The van der Waals surface area contributed by atoms with E-state index in [1.165, 1.54) is 11.0 Å². The summed E-state index contributed by atoms with van der Waals surface area (Å²) in [5.41, 5.74) is 1.33. The lowest BCUT2D eigenvalue weighted by Gasteiger charge is -2.19. The first-order chi connectivity index (χ1) is 16.4. The first-order valence-corrected chi connectivity index (χ1v) is 10.8. The highest BCUT2D eigenvalue weighted by Crippen LogP contribution is 2.27. The Labute approximate surface area is 198 Å². The van der Waals surface area contributed by atoms with Gasteiger partial charge in [0, 0.05) is 13.1 Å². The lowest BCUT2D eigenvalue weighted by Crippen LogP contribution is -2.35. The Morgan fingerprint density at radius 1 is 1.00 bits per heavy atom. The number of hydrogen-bond donors (Lipinski definition) is 0. The van der Waals surface area contributed by atoms with E-state index in [0.717, 1.165) is 4.90 Å². The molecule has 8 heteroatoms. The molecule has 8 nitrogen and oxygen atoms in total. The van der Waals surface area contributed by atoms with Crippen LogP contribution in [0.15, 0.2) is 67.8 Å². The minimum atomic E-state index is -0.752. The second-order valence-corrected chi connectivity index (χ2v) is 7.46. The van der Waals surface area contributed by atoms with Crippen LogP contribution in [0, 0.1) is 0 Å². The Kier molecular flexibility index (Phi) is 7.97. The SMILES string of the molecule is C=CCN(CC=C)C(=O)COC(=O)c1cc(CN2C(=O)c3ccccc3C2=O)ccc1OCC. The molecule has 176 valence electrons. The lowest BCUT2D eigenvalue weighted by atomic mass is 10.1. The number of rotatable bonds is 11. The Morgan fingerprint density at radius 2 is 1.62 bits per heavy atom. The zero-order valence-corrected chi connectivity index (χ0v) is 19.0. The van der Waals surface area contributed by atoms with E-state index >= 15 is 0 Å². The number of ether oxygens (including phenoxy) is 2. The molecule has 0 aliphatic carbocycles. The summed E-state index contributed by atoms with van der Waals surface area (Å²) in [6, 6.07) is 11.4. The van der Waals surface area contributed by atoms with Gasteiger partial charge in [0.25, 0.3) is 17.7 Å². The van der Waals surface area contributed by atoms with Gasteiger partial charge in [-0.25, -0.2) is 4.79 Å². The van der Waals surface area contributed by atoms with Crippen molar-refractivity contribution in [3.8, 4) is 5.75 Å². The van der Waals surface area contributed by atoms with Gasteiger partial charge in [-0.2, -0.15) is 0 Å². The van der Waals surface area contributed by atoms with Crippen LogP contribution in [-0.4, -0.2) is 59.8 Å². The van der Waals surface area contributed by atoms with Crippen molar-refractivity contribution in [2.75, 3.05) is 26.3 Å². The van der Waals surface area contributed by atoms with Crippen LogP contribution in [0.5, 0.6) is 5.75 Å². The summed E-state index contributed by atoms with van der Waals surface area (Å²) >= 11 is 0. The summed E-state index contributed by atoms with van der Waals surface area (Å²) in [6.45, 7) is 9.40. The molecule has 3 amide bonds. The molecular weight excluding hydrogens is 436 g/mol. The molecule has 1 heterocycles. The maximum atomic E-state index is 12.8. The predicted octanol–water partition coefficient (Wildman–Crippen LogP) is 3.24. The highest BCUT2D eigenvalue weighted by molar-refractivity contribution is 6.21. The second kappa shape index (κ2) is 11.1. The van der Waals surface area contributed by atoms with Gasteiger partial charge in [-0.1, -0.05) is 30.4 Å². The van der Waals surface area contributed by atoms with Crippen molar-refractivity contribution < 1.29 is 28.7 Å². The standard InChI is InChI=1S/C26H26N2O6/c1-4-13-27(14-5-2)23(29)17-34-26(32)21-15-18(11-12-22(21)33-6-3)16-28-24(30)19-9-7-8-10-20(19)25(28)31/h4-5,7-12,15H,1-2,6,13-14,16-17H2,3H3. The van der Waals surface area contributed by atoms with Gasteiger partial charge in [-0.15, -0.1) is 13.2 Å². The van der Waals surface area contributed by atoms with Crippen molar-refractivity contribution in [3.63, 3.8) is 0 Å². The first kappa shape index (κ1) is 24.4. The van der Waals surface area contributed by atoms with E-state index in [2.05, 4.69) is 13.2 Å². The minimum Gasteiger partial charge on any atom is -0.493 e. The molecule has 0 fully saturated rings. The highest BCUT2D eigenvalue weighted by atomic mass is 16.5. The van der Waals surface area contributed by atoms with Crippen LogP contribution in [-0.2, 0) is 16.1 Å². The predicted molar refractivity (Wildman–Crippen MR) is 126 cm³/mol.